The van der Waals surface area contributed by atoms with E-state index in [4.69, 9.17) is 0 Å². The van der Waals surface area contributed by atoms with E-state index in [9.17, 15) is 18.0 Å². The fraction of sp³-hybridized carbons (Fsp3) is 0.400. The Kier molecular flexibility index (Phi) is 3.11. The summed E-state index contributed by atoms with van der Waals surface area (Å²) in [4.78, 5) is 16.3. The molecule has 3 nitrogen and oxygen atoms in total. The van der Waals surface area contributed by atoms with Crippen molar-refractivity contribution in [2.24, 2.45) is 0 Å². The zero-order chi connectivity index (χ0) is 12.6. The first-order chi connectivity index (χ1) is 7.89. The Morgan fingerprint density at radius 1 is 1.53 bits per heavy atom. The van der Waals surface area contributed by atoms with Crippen LogP contribution in [0.5, 0.6) is 0 Å². The smallest absolute Gasteiger partial charge is 0.275 e. The summed E-state index contributed by atoms with van der Waals surface area (Å²) in [6.45, 7) is -0.758. The molecule has 0 aromatic carbocycles. The van der Waals surface area contributed by atoms with Crippen molar-refractivity contribution in [3.63, 3.8) is 0 Å². The van der Waals surface area contributed by atoms with Gasteiger partial charge in [0.1, 0.15) is 0 Å². The van der Waals surface area contributed by atoms with Gasteiger partial charge in [0.05, 0.1) is 6.54 Å². The first-order valence-electron chi connectivity index (χ1n) is 4.87. The maximum absolute atomic E-state index is 13.4. The third kappa shape index (κ3) is 2.59. The molecule has 1 aromatic rings. The molecule has 0 atom stereocenters. The minimum Gasteiger partial charge on any atom is -0.331 e. The highest BCUT2D eigenvalue weighted by atomic mass is 79.9. The van der Waals surface area contributed by atoms with Crippen LogP contribution in [0.2, 0.25) is 0 Å². The molecule has 17 heavy (non-hydrogen) atoms. The molecule has 0 N–H and O–H groups in total. The molecule has 0 saturated carbocycles. The maximum Gasteiger partial charge on any atom is 0.275 e. The van der Waals surface area contributed by atoms with Gasteiger partial charge in [-0.2, -0.15) is 0 Å². The average molecular weight is 309 g/mol. The molecule has 0 unspecified atom stereocenters. The maximum atomic E-state index is 13.4. The Balaban J connectivity index is 2.21. The van der Waals surface area contributed by atoms with E-state index in [1.165, 1.54) is 6.20 Å². The van der Waals surface area contributed by atoms with Gasteiger partial charge in [0.25, 0.3) is 11.8 Å². The van der Waals surface area contributed by atoms with Gasteiger partial charge in [0.15, 0.2) is 11.5 Å². The van der Waals surface area contributed by atoms with Gasteiger partial charge in [-0.05, 0) is 22.0 Å². The van der Waals surface area contributed by atoms with Crippen LogP contribution in [0.3, 0.4) is 0 Å². The molecule has 7 heteroatoms. The van der Waals surface area contributed by atoms with Gasteiger partial charge in [-0.25, -0.2) is 18.2 Å². The van der Waals surface area contributed by atoms with Crippen LogP contribution in [0.15, 0.2) is 16.7 Å². The van der Waals surface area contributed by atoms with E-state index in [2.05, 4.69) is 20.9 Å². The molecule has 0 aliphatic carbocycles. The molecule has 1 aliphatic heterocycles. The number of alkyl halides is 2. The molecule has 0 bridgehead atoms. The van der Waals surface area contributed by atoms with E-state index in [0.29, 0.717) is 4.47 Å². The number of rotatable bonds is 1. The fourth-order valence-corrected chi connectivity index (χ4v) is 1.93. The number of hydrogen-bond acceptors (Lipinski definition) is 2. The lowest BCUT2D eigenvalue weighted by molar-refractivity contribution is 0.0118. The Bertz CT molecular complexity index is 467. The van der Waals surface area contributed by atoms with Crippen molar-refractivity contribution in [2.45, 2.75) is 12.3 Å². The van der Waals surface area contributed by atoms with Crippen LogP contribution in [-0.4, -0.2) is 34.8 Å². The molecular weight excluding hydrogens is 301 g/mol. The SMILES string of the molecule is O=C(c1ncc(Br)cc1F)N1CCC(F)(F)C1. The number of hydrogen-bond donors (Lipinski definition) is 0. The van der Waals surface area contributed by atoms with E-state index in [0.717, 1.165) is 11.0 Å². The summed E-state index contributed by atoms with van der Waals surface area (Å²) in [5.41, 5.74) is -0.425. The van der Waals surface area contributed by atoms with Crippen LogP contribution in [0.25, 0.3) is 0 Å². The van der Waals surface area contributed by atoms with Crippen molar-refractivity contribution in [1.29, 1.82) is 0 Å². The molecule has 2 heterocycles. The van der Waals surface area contributed by atoms with Gasteiger partial charge >= 0.3 is 0 Å². The summed E-state index contributed by atoms with van der Waals surface area (Å²) in [6, 6.07) is 1.08. The minimum atomic E-state index is -2.89. The molecule has 1 aromatic heterocycles. The molecule has 1 aliphatic rings. The average Bonchev–Trinajstić information content (AvgIpc) is 2.58. The Morgan fingerprint density at radius 3 is 2.76 bits per heavy atom. The molecule has 1 amide bonds. The highest BCUT2D eigenvalue weighted by Gasteiger charge is 2.41. The van der Waals surface area contributed by atoms with Crippen LogP contribution in [0.4, 0.5) is 13.2 Å². The van der Waals surface area contributed by atoms with E-state index < -0.39 is 36.3 Å². The highest BCUT2D eigenvalue weighted by molar-refractivity contribution is 9.10. The van der Waals surface area contributed by atoms with Crippen LogP contribution in [-0.2, 0) is 0 Å². The van der Waals surface area contributed by atoms with Crippen LogP contribution >= 0.6 is 15.9 Å². The first-order valence-corrected chi connectivity index (χ1v) is 5.66. The van der Waals surface area contributed by atoms with Crippen molar-refractivity contribution in [1.82, 2.24) is 9.88 Å². The third-order valence-corrected chi connectivity index (χ3v) is 2.90. The van der Waals surface area contributed by atoms with Gasteiger partial charge in [-0.3, -0.25) is 4.79 Å². The van der Waals surface area contributed by atoms with Crippen molar-refractivity contribution in [3.8, 4) is 0 Å². The van der Waals surface area contributed by atoms with E-state index in [1.807, 2.05) is 0 Å². The van der Waals surface area contributed by atoms with Crippen molar-refractivity contribution < 1.29 is 18.0 Å². The van der Waals surface area contributed by atoms with Gasteiger partial charge in [-0.1, -0.05) is 0 Å². The second kappa shape index (κ2) is 4.29. The van der Waals surface area contributed by atoms with Crippen LogP contribution < -0.4 is 0 Å². The van der Waals surface area contributed by atoms with Crippen LogP contribution in [0, 0.1) is 5.82 Å². The van der Waals surface area contributed by atoms with Gasteiger partial charge in [0, 0.05) is 23.6 Å². The predicted molar refractivity (Wildman–Crippen MR) is 57.4 cm³/mol. The number of likely N-dealkylation sites (tertiary alicyclic amines) is 1. The normalized spacial score (nSPS) is 18.5. The summed E-state index contributed by atoms with van der Waals surface area (Å²) in [7, 11) is 0. The lowest BCUT2D eigenvalue weighted by Crippen LogP contribution is -2.32. The summed E-state index contributed by atoms with van der Waals surface area (Å²) >= 11 is 3.00. The molecule has 1 fully saturated rings. The quantitative estimate of drug-likeness (QED) is 0.798. The van der Waals surface area contributed by atoms with Crippen molar-refractivity contribution >= 4 is 21.8 Å². The molecule has 2 rings (SSSR count). The van der Waals surface area contributed by atoms with Gasteiger partial charge in [0.2, 0.25) is 0 Å². The van der Waals surface area contributed by atoms with E-state index in [-0.39, 0.29) is 6.54 Å². The first kappa shape index (κ1) is 12.3. The number of aromatic nitrogens is 1. The van der Waals surface area contributed by atoms with E-state index >= 15 is 0 Å². The Labute approximate surface area is 104 Å². The predicted octanol–water partition coefficient (Wildman–Crippen LogP) is 2.46. The number of pyridine rings is 1. The molecular formula is C10H8BrF3N2O. The summed E-state index contributed by atoms with van der Waals surface area (Å²) in [5, 5.41) is 0. The van der Waals surface area contributed by atoms with Crippen LogP contribution in [0.1, 0.15) is 16.9 Å². The monoisotopic (exact) mass is 308 g/mol. The Hall–Kier alpha value is -1.11. The topological polar surface area (TPSA) is 33.2 Å². The number of halogens is 4. The highest BCUT2D eigenvalue weighted by Crippen LogP contribution is 2.28. The second-order valence-electron chi connectivity index (χ2n) is 3.82. The third-order valence-electron chi connectivity index (χ3n) is 2.47. The summed E-state index contributed by atoms with van der Waals surface area (Å²) in [6.07, 6.45) is 0.863. The molecule has 0 radical (unpaired) electrons. The number of carbonyl (C=O) groups is 1. The number of amides is 1. The molecule has 0 spiro atoms. The van der Waals surface area contributed by atoms with Gasteiger partial charge < -0.3 is 4.90 Å². The minimum absolute atomic E-state index is 0.0803. The lowest BCUT2D eigenvalue weighted by Gasteiger charge is -2.15. The largest absolute Gasteiger partial charge is 0.331 e. The summed E-state index contributed by atoms with van der Waals surface area (Å²) in [5.74, 6) is -4.51. The van der Waals surface area contributed by atoms with Gasteiger partial charge in [-0.15, -0.1) is 0 Å². The summed E-state index contributed by atoms with van der Waals surface area (Å²) < 4.78 is 39.6. The zero-order valence-corrected chi connectivity index (χ0v) is 10.2. The lowest BCUT2D eigenvalue weighted by atomic mass is 10.3. The number of carbonyl (C=O) groups excluding carboxylic acids is 1. The number of nitrogens with zero attached hydrogens (tertiary/aromatic N) is 2. The Morgan fingerprint density at radius 2 is 2.24 bits per heavy atom. The standard InChI is InChI=1S/C10H8BrF3N2O/c11-6-3-7(12)8(15-4-6)9(17)16-2-1-10(13,14)5-16/h3-4H,1-2,5H2. The molecule has 1 saturated heterocycles. The van der Waals surface area contributed by atoms with Crippen molar-refractivity contribution in [3.05, 3.63) is 28.2 Å². The second-order valence-corrected chi connectivity index (χ2v) is 4.73. The molecule has 92 valence electrons. The zero-order valence-electron chi connectivity index (χ0n) is 8.59. The van der Waals surface area contributed by atoms with E-state index in [1.54, 1.807) is 0 Å². The fourth-order valence-electron chi connectivity index (χ4n) is 1.63. The van der Waals surface area contributed by atoms with Crippen molar-refractivity contribution in [2.75, 3.05) is 13.1 Å².